The molecular weight excluding hydrogens is 325 g/mol. The second kappa shape index (κ2) is 5.61. The second-order valence-corrected chi connectivity index (χ2v) is 5.27. The van der Waals surface area contributed by atoms with Crippen molar-refractivity contribution in [3.63, 3.8) is 0 Å². The molecule has 8 heteroatoms. The van der Waals surface area contributed by atoms with Crippen LogP contribution in [0.25, 0.3) is 0 Å². The van der Waals surface area contributed by atoms with Crippen LogP contribution >= 0.6 is 23.2 Å². The third kappa shape index (κ3) is 3.33. The van der Waals surface area contributed by atoms with Crippen molar-refractivity contribution >= 4 is 23.2 Å². The Labute approximate surface area is 128 Å². The summed E-state index contributed by atoms with van der Waals surface area (Å²) in [5, 5.41) is 0.210. The van der Waals surface area contributed by atoms with E-state index < -0.39 is 22.9 Å². The minimum atomic E-state index is -3.35. The minimum Gasteiger partial charge on any atom is -0.446 e. The highest BCUT2D eigenvalue weighted by molar-refractivity contribution is 6.37. The molecule has 0 aliphatic carbocycles. The molecule has 21 heavy (non-hydrogen) atoms. The monoisotopic (exact) mass is 334 g/mol. The fraction of sp³-hybridized carbons (Fsp3) is 0.231. The van der Waals surface area contributed by atoms with Crippen molar-refractivity contribution < 1.29 is 13.5 Å². The van der Waals surface area contributed by atoms with Gasteiger partial charge in [-0.05, 0) is 24.6 Å². The molecule has 1 heterocycles. The number of aryl methyl sites for hydroxylation is 1. The Morgan fingerprint density at radius 1 is 1.24 bits per heavy atom. The van der Waals surface area contributed by atoms with Gasteiger partial charge in [0.15, 0.2) is 11.4 Å². The van der Waals surface area contributed by atoms with Crippen LogP contribution in [0.15, 0.2) is 23.3 Å². The Kier molecular flexibility index (Phi) is 4.20. The second-order valence-electron chi connectivity index (χ2n) is 4.46. The Bertz CT molecular complexity index is 719. The molecule has 0 amide bonds. The van der Waals surface area contributed by atoms with E-state index in [-0.39, 0.29) is 15.8 Å². The third-order valence-corrected chi connectivity index (χ3v) is 3.13. The highest BCUT2D eigenvalue weighted by Crippen LogP contribution is 2.39. The summed E-state index contributed by atoms with van der Waals surface area (Å²) >= 11 is 11.9. The van der Waals surface area contributed by atoms with E-state index in [2.05, 4.69) is 9.97 Å². The van der Waals surface area contributed by atoms with Crippen LogP contribution in [0.1, 0.15) is 18.2 Å². The zero-order valence-electron chi connectivity index (χ0n) is 11.0. The molecular formula is C13H10Cl2F2N2O2. The van der Waals surface area contributed by atoms with Crippen molar-refractivity contribution in [3.05, 3.63) is 50.1 Å². The molecule has 2 aromatic rings. The summed E-state index contributed by atoms with van der Waals surface area (Å²) < 4.78 is 32.2. The first-order valence-electron chi connectivity index (χ1n) is 5.79. The molecule has 0 saturated heterocycles. The lowest BCUT2D eigenvalue weighted by Gasteiger charge is -2.15. The smallest absolute Gasteiger partial charge is 0.294 e. The largest absolute Gasteiger partial charge is 0.446 e. The number of ether oxygens (including phenoxy) is 1. The summed E-state index contributed by atoms with van der Waals surface area (Å²) in [4.78, 5) is 17.4. The van der Waals surface area contributed by atoms with Crippen molar-refractivity contribution in [1.82, 2.24) is 9.97 Å². The summed E-state index contributed by atoms with van der Waals surface area (Å²) in [6, 6.07) is 3.08. The van der Waals surface area contributed by atoms with Gasteiger partial charge in [-0.15, -0.1) is 0 Å². The molecule has 0 fully saturated rings. The molecule has 0 radical (unpaired) electrons. The van der Waals surface area contributed by atoms with E-state index in [4.69, 9.17) is 27.9 Å². The molecule has 0 saturated carbocycles. The number of nitrogens with zero attached hydrogens (tertiary/aromatic N) is 1. The van der Waals surface area contributed by atoms with E-state index >= 15 is 0 Å². The topological polar surface area (TPSA) is 55.0 Å². The zero-order chi connectivity index (χ0) is 15.8. The predicted octanol–water partition coefficient (Wildman–Crippen LogP) is 4.29. The molecule has 0 aliphatic heterocycles. The fourth-order valence-electron chi connectivity index (χ4n) is 1.68. The maximum Gasteiger partial charge on any atom is 0.294 e. The van der Waals surface area contributed by atoms with Gasteiger partial charge < -0.3 is 9.72 Å². The van der Waals surface area contributed by atoms with Gasteiger partial charge >= 0.3 is 0 Å². The van der Waals surface area contributed by atoms with Crippen LogP contribution in [-0.4, -0.2) is 9.97 Å². The number of alkyl halides is 2. The lowest BCUT2D eigenvalue weighted by Crippen LogP contribution is -2.19. The van der Waals surface area contributed by atoms with Crippen molar-refractivity contribution in [3.8, 4) is 11.5 Å². The normalized spacial score (nSPS) is 11.5. The van der Waals surface area contributed by atoms with Gasteiger partial charge in [0.05, 0.1) is 16.4 Å². The average Bonchev–Trinajstić information content (AvgIpc) is 2.33. The van der Waals surface area contributed by atoms with Crippen LogP contribution in [0, 0.1) is 6.92 Å². The zero-order valence-corrected chi connectivity index (χ0v) is 12.5. The summed E-state index contributed by atoms with van der Waals surface area (Å²) in [5.74, 6) is -4.07. The van der Waals surface area contributed by atoms with Gasteiger partial charge in [-0.2, -0.15) is 8.78 Å². The van der Waals surface area contributed by atoms with E-state index in [0.717, 1.165) is 11.9 Å². The highest BCUT2D eigenvalue weighted by Gasteiger charge is 2.33. The molecule has 0 aliphatic rings. The van der Waals surface area contributed by atoms with Crippen LogP contribution < -0.4 is 10.3 Å². The number of H-pyrrole nitrogens is 1. The highest BCUT2D eigenvalue weighted by atomic mass is 35.5. The van der Waals surface area contributed by atoms with Crippen molar-refractivity contribution in [2.75, 3.05) is 0 Å². The van der Waals surface area contributed by atoms with Gasteiger partial charge in [-0.25, -0.2) is 4.98 Å². The molecule has 1 N–H and O–H groups in total. The molecule has 1 aromatic carbocycles. The van der Waals surface area contributed by atoms with Gasteiger partial charge in [0, 0.05) is 6.92 Å². The number of aromatic amines is 1. The molecule has 0 spiro atoms. The first kappa shape index (κ1) is 15.7. The Hall–Kier alpha value is -1.66. The summed E-state index contributed by atoms with van der Waals surface area (Å²) in [6.45, 7) is 2.37. The molecule has 4 nitrogen and oxygen atoms in total. The van der Waals surface area contributed by atoms with Crippen LogP contribution in [0.2, 0.25) is 10.0 Å². The van der Waals surface area contributed by atoms with Gasteiger partial charge in [0.1, 0.15) is 0 Å². The maximum atomic E-state index is 13.5. The van der Waals surface area contributed by atoms with Gasteiger partial charge in [-0.1, -0.05) is 23.2 Å². The lowest BCUT2D eigenvalue weighted by atomic mass is 10.2. The van der Waals surface area contributed by atoms with Gasteiger partial charge in [0.25, 0.3) is 11.5 Å². The van der Waals surface area contributed by atoms with Crippen molar-refractivity contribution in [2.24, 2.45) is 0 Å². The van der Waals surface area contributed by atoms with Crippen molar-refractivity contribution in [2.45, 2.75) is 19.8 Å². The van der Waals surface area contributed by atoms with E-state index in [9.17, 15) is 13.6 Å². The van der Waals surface area contributed by atoms with E-state index in [1.165, 1.54) is 12.1 Å². The van der Waals surface area contributed by atoms with Crippen LogP contribution in [0.4, 0.5) is 8.78 Å². The van der Waals surface area contributed by atoms with Gasteiger partial charge in [-0.3, -0.25) is 4.79 Å². The number of hydrogen-bond donors (Lipinski definition) is 1. The summed E-state index contributed by atoms with van der Waals surface area (Å²) in [7, 11) is 0. The number of halogens is 4. The first-order chi connectivity index (χ1) is 9.70. The molecule has 112 valence electrons. The Balaban J connectivity index is 2.58. The van der Waals surface area contributed by atoms with E-state index in [1.807, 2.05) is 0 Å². The standard InChI is InChI=1S/C13H10Cl2F2N2O2/c1-6-3-7(14)9(8(15)4-6)21-10-11(13(2,16)17)18-5-19-12(10)20/h3-5H,1-2H3,(H,18,19,20). The molecule has 0 atom stereocenters. The summed E-state index contributed by atoms with van der Waals surface area (Å²) in [5.41, 5.74) is -0.883. The van der Waals surface area contributed by atoms with Gasteiger partial charge in [0.2, 0.25) is 5.75 Å². The van der Waals surface area contributed by atoms with Crippen LogP contribution in [0.3, 0.4) is 0 Å². The maximum absolute atomic E-state index is 13.5. The molecule has 0 bridgehead atoms. The third-order valence-electron chi connectivity index (χ3n) is 2.57. The van der Waals surface area contributed by atoms with Crippen LogP contribution in [0.5, 0.6) is 11.5 Å². The quantitative estimate of drug-likeness (QED) is 0.910. The summed E-state index contributed by atoms with van der Waals surface area (Å²) in [6.07, 6.45) is 0.875. The predicted molar refractivity (Wildman–Crippen MR) is 75.7 cm³/mol. The first-order valence-corrected chi connectivity index (χ1v) is 6.55. The number of rotatable bonds is 3. The lowest BCUT2D eigenvalue weighted by molar-refractivity contribution is 0.0103. The van der Waals surface area contributed by atoms with E-state index in [1.54, 1.807) is 6.92 Å². The van der Waals surface area contributed by atoms with Crippen LogP contribution in [-0.2, 0) is 5.92 Å². The molecule has 0 unspecified atom stereocenters. The fourth-order valence-corrected chi connectivity index (χ4v) is 2.35. The number of nitrogens with one attached hydrogen (secondary N) is 1. The number of hydrogen-bond acceptors (Lipinski definition) is 3. The average molecular weight is 335 g/mol. The number of aromatic nitrogens is 2. The minimum absolute atomic E-state index is 0.0760. The molecule has 1 aromatic heterocycles. The Morgan fingerprint density at radius 2 is 1.81 bits per heavy atom. The SMILES string of the molecule is Cc1cc(Cl)c(Oc2c(C(C)(F)F)nc[nH]c2=O)c(Cl)c1. The van der Waals surface area contributed by atoms with Crippen molar-refractivity contribution in [1.29, 1.82) is 0 Å². The Morgan fingerprint density at radius 3 is 2.33 bits per heavy atom. The van der Waals surface area contributed by atoms with E-state index in [0.29, 0.717) is 6.92 Å². The molecule has 2 rings (SSSR count). The number of benzene rings is 1.